The lowest BCUT2D eigenvalue weighted by atomic mass is 10.4. The number of nitrogens with one attached hydrogen (secondary N) is 1. The molecule has 86 valence electrons. The third-order valence-corrected chi connectivity index (χ3v) is 2.82. The second kappa shape index (κ2) is 4.56. The van der Waals surface area contributed by atoms with Crippen LogP contribution in [0.2, 0.25) is 0 Å². The molecular formula is C9H14N6S. The van der Waals surface area contributed by atoms with Crippen LogP contribution in [0.5, 0.6) is 0 Å². The van der Waals surface area contributed by atoms with Crippen molar-refractivity contribution in [3.8, 4) is 0 Å². The van der Waals surface area contributed by atoms with E-state index in [0.29, 0.717) is 11.8 Å². The molecule has 16 heavy (non-hydrogen) atoms. The number of hydrogen-bond acceptors (Lipinski definition) is 6. The minimum atomic E-state index is 0.463. The number of aryl methyl sites for hydroxylation is 1. The SMILES string of the molecule is CSCCNc1nc(N)c2cnn(C)c2n1. The highest BCUT2D eigenvalue weighted by atomic mass is 32.2. The first-order valence-corrected chi connectivity index (χ1v) is 6.30. The topological polar surface area (TPSA) is 81.6 Å². The summed E-state index contributed by atoms with van der Waals surface area (Å²) in [6.45, 7) is 0.823. The highest BCUT2D eigenvalue weighted by molar-refractivity contribution is 7.98. The van der Waals surface area contributed by atoms with Crippen molar-refractivity contribution in [1.29, 1.82) is 0 Å². The Morgan fingerprint density at radius 1 is 1.50 bits per heavy atom. The zero-order valence-electron chi connectivity index (χ0n) is 9.27. The second-order valence-electron chi connectivity index (χ2n) is 3.36. The van der Waals surface area contributed by atoms with Gasteiger partial charge in [-0.2, -0.15) is 26.8 Å². The summed E-state index contributed by atoms with van der Waals surface area (Å²) in [7, 11) is 1.83. The highest BCUT2D eigenvalue weighted by Gasteiger charge is 2.08. The molecule has 0 bridgehead atoms. The Labute approximate surface area is 97.6 Å². The van der Waals surface area contributed by atoms with E-state index in [9.17, 15) is 0 Å². The van der Waals surface area contributed by atoms with Gasteiger partial charge in [0.05, 0.1) is 11.6 Å². The Hall–Kier alpha value is -1.50. The highest BCUT2D eigenvalue weighted by Crippen LogP contribution is 2.18. The van der Waals surface area contributed by atoms with Gasteiger partial charge in [0, 0.05) is 19.3 Å². The van der Waals surface area contributed by atoms with Crippen LogP contribution in [0.3, 0.4) is 0 Å². The molecule has 7 heteroatoms. The van der Waals surface area contributed by atoms with E-state index in [4.69, 9.17) is 5.73 Å². The molecule has 0 aromatic carbocycles. The third-order valence-electron chi connectivity index (χ3n) is 2.21. The number of anilines is 2. The quantitative estimate of drug-likeness (QED) is 0.764. The molecule has 0 radical (unpaired) electrons. The van der Waals surface area contributed by atoms with Crippen molar-refractivity contribution >= 4 is 34.6 Å². The lowest BCUT2D eigenvalue weighted by Gasteiger charge is -2.05. The average Bonchev–Trinajstić information content (AvgIpc) is 2.62. The fraction of sp³-hybridized carbons (Fsp3) is 0.444. The lowest BCUT2D eigenvalue weighted by Crippen LogP contribution is -2.09. The first kappa shape index (κ1) is 11.0. The summed E-state index contributed by atoms with van der Waals surface area (Å²) in [5.41, 5.74) is 6.57. The first-order valence-electron chi connectivity index (χ1n) is 4.90. The number of nitrogens with zero attached hydrogens (tertiary/aromatic N) is 4. The van der Waals surface area contributed by atoms with E-state index >= 15 is 0 Å². The van der Waals surface area contributed by atoms with E-state index in [0.717, 1.165) is 23.3 Å². The zero-order valence-corrected chi connectivity index (χ0v) is 10.1. The molecule has 6 nitrogen and oxygen atoms in total. The van der Waals surface area contributed by atoms with Crippen LogP contribution in [0, 0.1) is 0 Å². The number of hydrogen-bond donors (Lipinski definition) is 2. The minimum Gasteiger partial charge on any atom is -0.383 e. The maximum atomic E-state index is 5.82. The smallest absolute Gasteiger partial charge is 0.226 e. The molecule has 2 aromatic heterocycles. The largest absolute Gasteiger partial charge is 0.383 e. The molecule has 2 heterocycles. The van der Waals surface area contributed by atoms with Crippen LogP contribution in [0.4, 0.5) is 11.8 Å². The third kappa shape index (κ3) is 2.04. The van der Waals surface area contributed by atoms with Gasteiger partial charge in [0.15, 0.2) is 5.65 Å². The summed E-state index contributed by atoms with van der Waals surface area (Å²) in [5, 5.41) is 8.02. The Morgan fingerprint density at radius 2 is 2.31 bits per heavy atom. The van der Waals surface area contributed by atoms with Gasteiger partial charge in [-0.3, -0.25) is 4.68 Å². The summed E-state index contributed by atoms with van der Waals surface area (Å²) in [5.74, 6) is 2.03. The summed E-state index contributed by atoms with van der Waals surface area (Å²) in [4.78, 5) is 8.54. The number of nitrogen functional groups attached to an aromatic ring is 1. The van der Waals surface area contributed by atoms with Gasteiger partial charge < -0.3 is 11.1 Å². The predicted octanol–water partition coefficient (Wildman–Crippen LogP) is 0.720. The van der Waals surface area contributed by atoms with E-state index in [1.165, 1.54) is 0 Å². The van der Waals surface area contributed by atoms with E-state index < -0.39 is 0 Å². The number of rotatable bonds is 4. The molecule has 0 aliphatic rings. The normalized spacial score (nSPS) is 10.9. The zero-order chi connectivity index (χ0) is 11.5. The number of nitrogens with two attached hydrogens (primary N) is 1. The van der Waals surface area contributed by atoms with Gasteiger partial charge in [-0.25, -0.2) is 0 Å². The van der Waals surface area contributed by atoms with Gasteiger partial charge in [0.1, 0.15) is 5.82 Å². The Kier molecular flexibility index (Phi) is 3.14. The van der Waals surface area contributed by atoms with Gasteiger partial charge in [0.2, 0.25) is 5.95 Å². The summed E-state index contributed by atoms with van der Waals surface area (Å²) >= 11 is 1.77. The fourth-order valence-corrected chi connectivity index (χ4v) is 1.69. The van der Waals surface area contributed by atoms with E-state index in [-0.39, 0.29) is 0 Å². The van der Waals surface area contributed by atoms with Crippen molar-refractivity contribution in [1.82, 2.24) is 19.7 Å². The van der Waals surface area contributed by atoms with Gasteiger partial charge in [0.25, 0.3) is 0 Å². The summed E-state index contributed by atoms with van der Waals surface area (Å²) < 4.78 is 1.69. The Balaban J connectivity index is 2.29. The Morgan fingerprint density at radius 3 is 3.06 bits per heavy atom. The van der Waals surface area contributed by atoms with Crippen LogP contribution in [0.1, 0.15) is 0 Å². The molecule has 0 spiro atoms. The van der Waals surface area contributed by atoms with Crippen LogP contribution < -0.4 is 11.1 Å². The van der Waals surface area contributed by atoms with Crippen LogP contribution in [0.25, 0.3) is 11.0 Å². The summed E-state index contributed by atoms with van der Waals surface area (Å²) in [6, 6.07) is 0. The molecule has 0 saturated carbocycles. The Bertz CT molecular complexity index is 494. The maximum Gasteiger partial charge on any atom is 0.226 e. The monoisotopic (exact) mass is 238 g/mol. The molecule has 3 N–H and O–H groups in total. The van der Waals surface area contributed by atoms with Crippen molar-refractivity contribution in [2.75, 3.05) is 29.6 Å². The standard InChI is InChI=1S/C9H14N6S/c1-15-8-6(5-12-15)7(10)13-9(14-8)11-3-4-16-2/h5H,3-4H2,1-2H3,(H3,10,11,13,14). The molecule has 0 aliphatic carbocycles. The van der Waals surface area contributed by atoms with Crippen LogP contribution in [-0.2, 0) is 7.05 Å². The van der Waals surface area contributed by atoms with Crippen LogP contribution in [0.15, 0.2) is 6.20 Å². The molecule has 0 aliphatic heterocycles. The summed E-state index contributed by atoms with van der Waals surface area (Å²) in [6.07, 6.45) is 3.73. The molecule has 0 saturated heterocycles. The van der Waals surface area contributed by atoms with Crippen LogP contribution in [-0.4, -0.2) is 38.3 Å². The molecule has 0 amide bonds. The number of aromatic nitrogens is 4. The van der Waals surface area contributed by atoms with Crippen molar-refractivity contribution < 1.29 is 0 Å². The molecule has 2 rings (SSSR count). The molecule has 2 aromatic rings. The average molecular weight is 238 g/mol. The molecule has 0 fully saturated rings. The second-order valence-corrected chi connectivity index (χ2v) is 4.34. The predicted molar refractivity (Wildman–Crippen MR) is 67.6 cm³/mol. The molecule has 0 unspecified atom stereocenters. The van der Waals surface area contributed by atoms with Gasteiger partial charge in [-0.1, -0.05) is 0 Å². The van der Waals surface area contributed by atoms with Gasteiger partial charge in [-0.15, -0.1) is 0 Å². The van der Waals surface area contributed by atoms with Crippen molar-refractivity contribution in [3.05, 3.63) is 6.20 Å². The van der Waals surface area contributed by atoms with Crippen molar-refractivity contribution in [2.45, 2.75) is 0 Å². The molecular weight excluding hydrogens is 224 g/mol. The van der Waals surface area contributed by atoms with E-state index in [2.05, 4.69) is 26.6 Å². The number of fused-ring (bicyclic) bond motifs is 1. The lowest BCUT2D eigenvalue weighted by molar-refractivity contribution is 0.785. The molecule has 0 atom stereocenters. The van der Waals surface area contributed by atoms with Gasteiger partial charge in [-0.05, 0) is 6.26 Å². The van der Waals surface area contributed by atoms with Crippen molar-refractivity contribution in [2.24, 2.45) is 7.05 Å². The number of thioether (sulfide) groups is 1. The van der Waals surface area contributed by atoms with Gasteiger partial charge >= 0.3 is 0 Å². The van der Waals surface area contributed by atoms with E-state index in [1.54, 1.807) is 22.6 Å². The fourth-order valence-electron chi connectivity index (χ4n) is 1.39. The van der Waals surface area contributed by atoms with E-state index in [1.807, 2.05) is 7.05 Å². The van der Waals surface area contributed by atoms with Crippen LogP contribution >= 0.6 is 11.8 Å². The minimum absolute atomic E-state index is 0.463. The maximum absolute atomic E-state index is 5.82. The first-order chi connectivity index (χ1) is 7.72. The van der Waals surface area contributed by atoms with Crippen molar-refractivity contribution in [3.63, 3.8) is 0 Å².